The maximum Gasteiger partial charge on any atom is 0.345 e. The van der Waals surface area contributed by atoms with Crippen molar-refractivity contribution in [3.8, 4) is 0 Å². The number of hydrogen-bond acceptors (Lipinski definition) is 5. The summed E-state index contributed by atoms with van der Waals surface area (Å²) < 4.78 is 0. The zero-order valence-electron chi connectivity index (χ0n) is 11.9. The van der Waals surface area contributed by atoms with Crippen LogP contribution in [-0.4, -0.2) is 23.0 Å². The van der Waals surface area contributed by atoms with Crippen molar-refractivity contribution in [1.29, 1.82) is 0 Å². The Hall–Kier alpha value is -2.86. The van der Waals surface area contributed by atoms with E-state index in [9.17, 15) is 9.59 Å². The number of carbonyl (C=O) groups is 2. The summed E-state index contributed by atoms with van der Waals surface area (Å²) in [4.78, 5) is 23.2. The van der Waals surface area contributed by atoms with Gasteiger partial charge in [-0.3, -0.25) is 10.5 Å². The van der Waals surface area contributed by atoms with E-state index in [2.05, 4.69) is 10.2 Å². The van der Waals surface area contributed by atoms with Gasteiger partial charge >= 0.3 is 5.97 Å². The average molecular weight is 297 g/mol. The maximum absolute atomic E-state index is 12.5. The normalized spacial score (nSPS) is 12.3. The highest BCUT2D eigenvalue weighted by molar-refractivity contribution is 6.12. The Balaban J connectivity index is 2.40. The fourth-order valence-corrected chi connectivity index (χ4v) is 1.84. The highest BCUT2D eigenvalue weighted by Crippen LogP contribution is 2.24. The van der Waals surface area contributed by atoms with Gasteiger partial charge in [0.15, 0.2) is 5.78 Å². The van der Waals surface area contributed by atoms with Crippen LogP contribution in [0.4, 0.5) is 5.69 Å². The highest BCUT2D eigenvalue weighted by Gasteiger charge is 2.15. The average Bonchev–Trinajstić information content (AvgIpc) is 2.53. The number of ketones is 1. The van der Waals surface area contributed by atoms with Gasteiger partial charge in [-0.15, -0.1) is 0 Å². The molecule has 0 aliphatic carbocycles. The molecule has 0 aliphatic rings. The Morgan fingerprint density at radius 1 is 1.14 bits per heavy atom. The second-order valence-electron chi connectivity index (χ2n) is 4.71. The minimum Gasteiger partial charge on any atom is -0.479 e. The minimum atomic E-state index is -1.46. The summed E-state index contributed by atoms with van der Waals surface area (Å²) in [5, 5.41) is 16.0. The van der Waals surface area contributed by atoms with E-state index >= 15 is 0 Å². The van der Waals surface area contributed by atoms with Crippen LogP contribution in [0.25, 0.3) is 0 Å². The summed E-state index contributed by atoms with van der Waals surface area (Å²) in [5.41, 5.74) is 7.34. The fraction of sp³-hybridized carbons (Fsp3) is 0.125. The molecule has 0 amide bonds. The van der Waals surface area contributed by atoms with Crippen LogP contribution in [0.15, 0.2) is 58.8 Å². The summed E-state index contributed by atoms with van der Waals surface area (Å²) in [6.07, 6.45) is -1.46. The molecule has 6 heteroatoms. The van der Waals surface area contributed by atoms with Crippen LogP contribution >= 0.6 is 0 Å². The van der Waals surface area contributed by atoms with Gasteiger partial charge in [0.25, 0.3) is 0 Å². The van der Waals surface area contributed by atoms with Gasteiger partial charge in [0, 0.05) is 5.56 Å². The third kappa shape index (κ3) is 3.62. The molecule has 0 spiro atoms. The summed E-state index contributed by atoms with van der Waals surface area (Å²) >= 11 is 0. The molecule has 2 rings (SSSR count). The number of nitrogens with two attached hydrogens (primary N) is 1. The molecule has 0 saturated carbocycles. The van der Waals surface area contributed by atoms with Crippen molar-refractivity contribution >= 4 is 17.4 Å². The Kier molecular flexibility index (Phi) is 4.75. The van der Waals surface area contributed by atoms with E-state index in [1.807, 2.05) is 13.0 Å². The molecular weight excluding hydrogens is 282 g/mol. The van der Waals surface area contributed by atoms with E-state index in [0.29, 0.717) is 11.1 Å². The predicted octanol–water partition coefficient (Wildman–Crippen LogP) is 2.68. The SMILES string of the molecule is Cc1ccc(/N=N/C(N)C(=O)O)c(C(=O)c2ccccc2)c1. The van der Waals surface area contributed by atoms with E-state index in [1.54, 1.807) is 42.5 Å². The Morgan fingerprint density at radius 2 is 1.82 bits per heavy atom. The Labute approximate surface area is 127 Å². The van der Waals surface area contributed by atoms with Crippen LogP contribution in [0.2, 0.25) is 0 Å². The fourth-order valence-electron chi connectivity index (χ4n) is 1.84. The molecule has 1 unspecified atom stereocenters. The van der Waals surface area contributed by atoms with E-state index in [1.165, 1.54) is 0 Å². The second-order valence-corrected chi connectivity index (χ2v) is 4.71. The van der Waals surface area contributed by atoms with Crippen LogP contribution < -0.4 is 5.73 Å². The summed E-state index contributed by atoms with van der Waals surface area (Å²) in [7, 11) is 0. The molecule has 0 bridgehead atoms. The molecule has 3 N–H and O–H groups in total. The van der Waals surface area contributed by atoms with E-state index in [0.717, 1.165) is 5.56 Å². The van der Waals surface area contributed by atoms with E-state index in [-0.39, 0.29) is 11.5 Å². The van der Waals surface area contributed by atoms with Crippen LogP contribution in [-0.2, 0) is 4.79 Å². The summed E-state index contributed by atoms with van der Waals surface area (Å²) in [5.74, 6) is -1.49. The predicted molar refractivity (Wildman–Crippen MR) is 81.2 cm³/mol. The molecule has 112 valence electrons. The number of carboxylic acids is 1. The van der Waals surface area contributed by atoms with Gasteiger partial charge < -0.3 is 5.11 Å². The van der Waals surface area contributed by atoms with Crippen molar-refractivity contribution < 1.29 is 14.7 Å². The molecule has 0 aromatic heterocycles. The number of carboxylic acid groups (broad SMARTS) is 1. The zero-order chi connectivity index (χ0) is 16.1. The third-order valence-electron chi connectivity index (χ3n) is 2.98. The van der Waals surface area contributed by atoms with Gasteiger partial charge in [-0.2, -0.15) is 10.2 Å². The van der Waals surface area contributed by atoms with Crippen molar-refractivity contribution in [3.63, 3.8) is 0 Å². The first-order chi connectivity index (χ1) is 10.5. The first kappa shape index (κ1) is 15.5. The van der Waals surface area contributed by atoms with Crippen LogP contribution in [0.1, 0.15) is 21.5 Å². The highest BCUT2D eigenvalue weighted by atomic mass is 16.4. The number of carbonyl (C=O) groups excluding carboxylic acids is 1. The molecule has 1 atom stereocenters. The van der Waals surface area contributed by atoms with Gasteiger partial charge in [-0.1, -0.05) is 42.0 Å². The number of benzene rings is 2. The standard InChI is InChI=1S/C16H15N3O3/c1-10-7-8-13(18-19-15(17)16(21)22)12(9-10)14(20)11-5-3-2-4-6-11/h2-9,15H,17H2,1H3,(H,21,22)/b19-18+. The third-order valence-corrected chi connectivity index (χ3v) is 2.98. The summed E-state index contributed by atoms with van der Waals surface area (Å²) in [6.45, 7) is 1.85. The van der Waals surface area contributed by atoms with E-state index in [4.69, 9.17) is 10.8 Å². The second kappa shape index (κ2) is 6.73. The molecule has 2 aromatic carbocycles. The number of aryl methyl sites for hydroxylation is 1. The minimum absolute atomic E-state index is 0.206. The van der Waals surface area contributed by atoms with E-state index < -0.39 is 12.1 Å². The number of rotatable bonds is 5. The number of aliphatic carboxylic acids is 1. The molecule has 0 fully saturated rings. The van der Waals surface area contributed by atoms with Crippen LogP contribution in [0.5, 0.6) is 0 Å². The topological polar surface area (TPSA) is 105 Å². The van der Waals surface area contributed by atoms with Crippen molar-refractivity contribution in [2.24, 2.45) is 16.0 Å². The monoisotopic (exact) mass is 297 g/mol. The molecule has 0 aliphatic heterocycles. The van der Waals surface area contributed by atoms with Crippen molar-refractivity contribution in [1.82, 2.24) is 0 Å². The van der Waals surface area contributed by atoms with Crippen molar-refractivity contribution in [3.05, 3.63) is 65.2 Å². The lowest BCUT2D eigenvalue weighted by molar-refractivity contribution is -0.138. The van der Waals surface area contributed by atoms with Gasteiger partial charge in [-0.05, 0) is 19.1 Å². The summed E-state index contributed by atoms with van der Waals surface area (Å²) in [6, 6.07) is 13.8. The lowest BCUT2D eigenvalue weighted by Gasteiger charge is -2.06. The smallest absolute Gasteiger partial charge is 0.345 e. The number of hydrogen-bond donors (Lipinski definition) is 2. The van der Waals surface area contributed by atoms with Crippen molar-refractivity contribution in [2.45, 2.75) is 13.1 Å². The van der Waals surface area contributed by atoms with Gasteiger partial charge in [0.05, 0.1) is 11.3 Å². The van der Waals surface area contributed by atoms with Crippen LogP contribution in [0, 0.1) is 6.92 Å². The zero-order valence-corrected chi connectivity index (χ0v) is 11.9. The molecule has 0 heterocycles. The van der Waals surface area contributed by atoms with Gasteiger partial charge in [0.1, 0.15) is 0 Å². The quantitative estimate of drug-likeness (QED) is 0.653. The molecule has 0 saturated heterocycles. The molecule has 22 heavy (non-hydrogen) atoms. The molecular formula is C16H15N3O3. The largest absolute Gasteiger partial charge is 0.479 e. The number of azo groups is 1. The lowest BCUT2D eigenvalue weighted by Crippen LogP contribution is -2.27. The Morgan fingerprint density at radius 3 is 2.45 bits per heavy atom. The molecule has 6 nitrogen and oxygen atoms in total. The van der Waals surface area contributed by atoms with Gasteiger partial charge in [0.2, 0.25) is 6.17 Å². The first-order valence-electron chi connectivity index (χ1n) is 6.58. The molecule has 0 radical (unpaired) electrons. The van der Waals surface area contributed by atoms with Crippen LogP contribution in [0.3, 0.4) is 0 Å². The number of nitrogens with zero attached hydrogens (tertiary/aromatic N) is 2. The first-order valence-corrected chi connectivity index (χ1v) is 6.58. The van der Waals surface area contributed by atoms with Crippen molar-refractivity contribution in [2.75, 3.05) is 0 Å². The lowest BCUT2D eigenvalue weighted by atomic mass is 10.00. The molecule has 2 aromatic rings. The Bertz CT molecular complexity index is 727. The van der Waals surface area contributed by atoms with Gasteiger partial charge in [-0.25, -0.2) is 4.79 Å². The maximum atomic E-state index is 12.5.